The van der Waals surface area contributed by atoms with Crippen LogP contribution in [0, 0.1) is 5.41 Å². The van der Waals surface area contributed by atoms with Crippen molar-refractivity contribution in [1.29, 1.82) is 0 Å². The maximum Gasteiger partial charge on any atom is 0.122 e. The zero-order chi connectivity index (χ0) is 17.7. The fourth-order valence-corrected chi connectivity index (χ4v) is 2.12. The van der Waals surface area contributed by atoms with Crippen LogP contribution in [0.5, 0.6) is 5.75 Å². The maximum atomic E-state index is 10.2. The topological polar surface area (TPSA) is 41.5 Å². The molecule has 1 rings (SSSR count). The maximum absolute atomic E-state index is 10.2. The zero-order valence-electron chi connectivity index (χ0n) is 15.9. The molecule has 1 aromatic carbocycles. The molecular formula is C20H35NO2. The van der Waals surface area contributed by atoms with Crippen LogP contribution in [0.4, 0.5) is 0 Å². The summed E-state index contributed by atoms with van der Waals surface area (Å²) in [5, 5.41) is 13.7. The number of aliphatic hydroxyl groups excluding tert-OH is 1. The van der Waals surface area contributed by atoms with E-state index in [1.54, 1.807) is 0 Å². The van der Waals surface area contributed by atoms with Crippen molar-refractivity contribution in [2.24, 2.45) is 5.41 Å². The SMILES string of the molecule is CC[C@H](C)c1ccccc1OC[C@H](O)CNC(C)(C)C(C)(C)C. The summed E-state index contributed by atoms with van der Waals surface area (Å²) < 4.78 is 5.88. The number of β-amino-alcohol motifs (C(OH)–C–C–N with tert-alkyl or cyclic N) is 1. The minimum absolute atomic E-state index is 0.0530. The highest BCUT2D eigenvalue weighted by atomic mass is 16.5. The Morgan fingerprint density at radius 1 is 1.13 bits per heavy atom. The molecule has 0 saturated heterocycles. The van der Waals surface area contributed by atoms with E-state index in [4.69, 9.17) is 4.74 Å². The van der Waals surface area contributed by atoms with Gasteiger partial charge in [-0.3, -0.25) is 0 Å². The molecule has 132 valence electrons. The van der Waals surface area contributed by atoms with Gasteiger partial charge in [-0.1, -0.05) is 52.8 Å². The van der Waals surface area contributed by atoms with Crippen LogP contribution in [0.3, 0.4) is 0 Å². The van der Waals surface area contributed by atoms with Crippen molar-refractivity contribution in [2.75, 3.05) is 13.2 Å². The fraction of sp³-hybridized carbons (Fsp3) is 0.700. The third-order valence-corrected chi connectivity index (χ3v) is 5.15. The predicted molar refractivity (Wildman–Crippen MR) is 98.2 cm³/mol. The summed E-state index contributed by atoms with van der Waals surface area (Å²) >= 11 is 0. The van der Waals surface area contributed by atoms with Crippen LogP contribution in [-0.2, 0) is 0 Å². The summed E-state index contributed by atoms with van der Waals surface area (Å²) in [6, 6.07) is 8.12. The minimum Gasteiger partial charge on any atom is -0.491 e. The molecule has 0 aromatic heterocycles. The van der Waals surface area contributed by atoms with Gasteiger partial charge in [0.1, 0.15) is 18.5 Å². The highest BCUT2D eigenvalue weighted by Gasteiger charge is 2.32. The Kier molecular flexibility index (Phi) is 7.09. The number of rotatable bonds is 8. The minimum atomic E-state index is -0.526. The van der Waals surface area contributed by atoms with Crippen LogP contribution < -0.4 is 10.1 Å². The van der Waals surface area contributed by atoms with Crippen LogP contribution in [-0.4, -0.2) is 29.9 Å². The van der Waals surface area contributed by atoms with E-state index >= 15 is 0 Å². The van der Waals surface area contributed by atoms with E-state index in [0.717, 1.165) is 12.2 Å². The summed E-state index contributed by atoms with van der Waals surface area (Å²) in [5.41, 5.74) is 1.28. The van der Waals surface area contributed by atoms with Gasteiger partial charge in [0.25, 0.3) is 0 Å². The molecule has 0 unspecified atom stereocenters. The first kappa shape index (κ1) is 20.0. The Balaban J connectivity index is 2.56. The standard InChI is InChI=1S/C20H35NO2/c1-8-15(2)17-11-9-10-12-18(17)23-14-16(22)13-21-20(6,7)19(3,4)5/h9-12,15-16,21-22H,8,13-14H2,1-7H3/t15-,16+/m0/s1. The second-order valence-electron chi connectivity index (χ2n) is 8.07. The van der Waals surface area contributed by atoms with E-state index in [1.165, 1.54) is 5.56 Å². The van der Waals surface area contributed by atoms with Crippen molar-refractivity contribution < 1.29 is 9.84 Å². The van der Waals surface area contributed by atoms with Gasteiger partial charge in [-0.05, 0) is 43.2 Å². The Hall–Kier alpha value is -1.06. The molecule has 0 aliphatic rings. The Morgan fingerprint density at radius 2 is 1.74 bits per heavy atom. The van der Waals surface area contributed by atoms with Gasteiger partial charge in [0.15, 0.2) is 0 Å². The number of benzene rings is 1. The smallest absolute Gasteiger partial charge is 0.122 e. The monoisotopic (exact) mass is 321 g/mol. The summed E-state index contributed by atoms with van der Waals surface area (Å²) in [6.07, 6.45) is 0.547. The Bertz CT molecular complexity index is 477. The number of para-hydroxylation sites is 1. The van der Waals surface area contributed by atoms with Crippen LogP contribution >= 0.6 is 0 Å². The highest BCUT2D eigenvalue weighted by Crippen LogP contribution is 2.30. The second kappa shape index (κ2) is 8.16. The molecular weight excluding hydrogens is 286 g/mol. The van der Waals surface area contributed by atoms with E-state index in [0.29, 0.717) is 19.1 Å². The molecule has 0 spiro atoms. The van der Waals surface area contributed by atoms with Crippen molar-refractivity contribution in [3.8, 4) is 5.75 Å². The lowest BCUT2D eigenvalue weighted by Crippen LogP contribution is -2.52. The molecule has 2 N–H and O–H groups in total. The first-order valence-electron chi connectivity index (χ1n) is 8.73. The van der Waals surface area contributed by atoms with Crippen LogP contribution in [0.15, 0.2) is 24.3 Å². The molecule has 23 heavy (non-hydrogen) atoms. The molecule has 0 saturated carbocycles. The van der Waals surface area contributed by atoms with E-state index in [1.807, 2.05) is 18.2 Å². The average Bonchev–Trinajstić information content (AvgIpc) is 2.49. The molecule has 0 aliphatic heterocycles. The Morgan fingerprint density at radius 3 is 2.30 bits per heavy atom. The van der Waals surface area contributed by atoms with Crippen LogP contribution in [0.2, 0.25) is 0 Å². The predicted octanol–water partition coefficient (Wildman–Crippen LogP) is 4.35. The number of nitrogens with one attached hydrogen (secondary N) is 1. The van der Waals surface area contributed by atoms with Crippen molar-refractivity contribution in [1.82, 2.24) is 5.32 Å². The van der Waals surface area contributed by atoms with Gasteiger partial charge in [0.2, 0.25) is 0 Å². The van der Waals surface area contributed by atoms with E-state index in [9.17, 15) is 5.11 Å². The highest BCUT2D eigenvalue weighted by molar-refractivity contribution is 5.35. The number of aliphatic hydroxyl groups is 1. The van der Waals surface area contributed by atoms with Gasteiger partial charge in [-0.15, -0.1) is 0 Å². The molecule has 1 aromatic rings. The van der Waals surface area contributed by atoms with Gasteiger partial charge in [-0.2, -0.15) is 0 Å². The Labute approximate surface area is 142 Å². The lowest BCUT2D eigenvalue weighted by Gasteiger charge is -2.40. The third kappa shape index (κ3) is 5.82. The number of hydrogen-bond acceptors (Lipinski definition) is 3. The van der Waals surface area contributed by atoms with Gasteiger partial charge in [0.05, 0.1) is 0 Å². The van der Waals surface area contributed by atoms with Gasteiger partial charge in [-0.25, -0.2) is 0 Å². The van der Waals surface area contributed by atoms with E-state index in [2.05, 4.69) is 59.8 Å². The van der Waals surface area contributed by atoms with Gasteiger partial charge in [0, 0.05) is 12.1 Å². The fourth-order valence-electron chi connectivity index (χ4n) is 2.12. The lowest BCUT2D eigenvalue weighted by molar-refractivity contribution is 0.0826. The molecule has 3 nitrogen and oxygen atoms in total. The summed E-state index contributed by atoms with van der Waals surface area (Å²) in [6.45, 7) is 16.1. The summed E-state index contributed by atoms with van der Waals surface area (Å²) in [7, 11) is 0. The molecule has 0 amide bonds. The lowest BCUT2D eigenvalue weighted by atomic mass is 9.76. The molecule has 0 fully saturated rings. The zero-order valence-corrected chi connectivity index (χ0v) is 15.9. The molecule has 0 bridgehead atoms. The van der Waals surface area contributed by atoms with E-state index < -0.39 is 6.10 Å². The van der Waals surface area contributed by atoms with Crippen molar-refractivity contribution >= 4 is 0 Å². The quantitative estimate of drug-likeness (QED) is 0.748. The van der Waals surface area contributed by atoms with Crippen molar-refractivity contribution in [3.63, 3.8) is 0 Å². The van der Waals surface area contributed by atoms with Crippen molar-refractivity contribution in [3.05, 3.63) is 29.8 Å². The number of ether oxygens (including phenoxy) is 1. The number of hydrogen-bond donors (Lipinski definition) is 2. The average molecular weight is 322 g/mol. The largest absolute Gasteiger partial charge is 0.491 e. The van der Waals surface area contributed by atoms with E-state index in [-0.39, 0.29) is 11.0 Å². The second-order valence-corrected chi connectivity index (χ2v) is 8.07. The molecule has 2 atom stereocenters. The molecule has 0 aliphatic carbocycles. The molecule has 0 radical (unpaired) electrons. The van der Waals surface area contributed by atoms with Gasteiger partial charge >= 0.3 is 0 Å². The van der Waals surface area contributed by atoms with Crippen LogP contribution in [0.1, 0.15) is 66.4 Å². The summed E-state index contributed by atoms with van der Waals surface area (Å²) in [5.74, 6) is 1.34. The molecule has 3 heteroatoms. The van der Waals surface area contributed by atoms with Gasteiger partial charge < -0.3 is 15.2 Å². The molecule has 0 heterocycles. The van der Waals surface area contributed by atoms with Crippen molar-refractivity contribution in [2.45, 2.75) is 72.4 Å². The summed E-state index contributed by atoms with van der Waals surface area (Å²) in [4.78, 5) is 0. The first-order valence-corrected chi connectivity index (χ1v) is 8.73. The van der Waals surface area contributed by atoms with Crippen LogP contribution in [0.25, 0.3) is 0 Å². The first-order chi connectivity index (χ1) is 10.6. The third-order valence-electron chi connectivity index (χ3n) is 5.15. The normalized spacial score (nSPS) is 15.3.